The fraction of sp³-hybridized carbons (Fsp3) is 0.316. The highest BCUT2D eigenvalue weighted by Gasteiger charge is 2.22. The maximum absolute atomic E-state index is 10.9. The lowest BCUT2D eigenvalue weighted by Gasteiger charge is -2.33. The average molecular weight is 380 g/mol. The average Bonchev–Trinajstić information content (AvgIpc) is 3.20. The van der Waals surface area contributed by atoms with Crippen LogP contribution in [0.3, 0.4) is 0 Å². The predicted octanol–water partition coefficient (Wildman–Crippen LogP) is 0.784. The summed E-state index contributed by atoms with van der Waals surface area (Å²) in [6.07, 6.45) is 2.54. The smallest absolute Gasteiger partial charge is 0.307 e. The van der Waals surface area contributed by atoms with Crippen molar-refractivity contribution < 1.29 is 9.82 Å². The van der Waals surface area contributed by atoms with Crippen molar-refractivity contribution in [3.05, 3.63) is 70.2 Å². The number of nitro groups is 1. The monoisotopic (exact) mass is 380 g/mol. The zero-order chi connectivity index (χ0) is 19.5. The van der Waals surface area contributed by atoms with E-state index in [4.69, 9.17) is 0 Å². The van der Waals surface area contributed by atoms with Gasteiger partial charge < -0.3 is 9.80 Å². The summed E-state index contributed by atoms with van der Waals surface area (Å²) in [4.78, 5) is 23.2. The van der Waals surface area contributed by atoms with Gasteiger partial charge in [0, 0.05) is 17.3 Å². The summed E-state index contributed by atoms with van der Waals surface area (Å²) >= 11 is 0. The number of hydrogen-bond donors (Lipinski definition) is 1. The fourth-order valence-electron chi connectivity index (χ4n) is 3.43. The summed E-state index contributed by atoms with van der Waals surface area (Å²) in [7, 11) is 0. The first-order chi connectivity index (χ1) is 13.6. The third-order valence-corrected chi connectivity index (χ3v) is 4.91. The standard InChI is InChI=1S/C19H21N7O2/c1-15-11-18(22-19(21-15)25-14-17(12-20-25)26(27)28)24-9-7-23(8-10-24)13-16-5-3-2-4-6-16/h2-6,11-12,14H,7-10,13H2,1H3/p+1. The zero-order valence-corrected chi connectivity index (χ0v) is 15.7. The minimum absolute atomic E-state index is 0.0789. The first-order valence-electron chi connectivity index (χ1n) is 9.26. The molecule has 1 aromatic carbocycles. The molecule has 4 rings (SSSR count). The lowest BCUT2D eigenvalue weighted by Crippen LogP contribution is -3.13. The van der Waals surface area contributed by atoms with E-state index in [0.717, 1.165) is 44.2 Å². The van der Waals surface area contributed by atoms with Crippen LogP contribution in [0.5, 0.6) is 0 Å². The van der Waals surface area contributed by atoms with Gasteiger partial charge in [-0.1, -0.05) is 30.3 Å². The number of hydrogen-bond acceptors (Lipinski definition) is 6. The van der Waals surface area contributed by atoms with E-state index in [1.165, 1.54) is 22.6 Å². The minimum atomic E-state index is -0.477. The Bertz CT molecular complexity index is 965. The predicted molar refractivity (Wildman–Crippen MR) is 104 cm³/mol. The molecule has 0 spiro atoms. The Labute approximate surface area is 162 Å². The SMILES string of the molecule is Cc1cc(N2CC[NH+](Cc3ccccc3)CC2)nc(-n2cc([N+](=O)[O-])cn2)n1. The molecule has 9 heteroatoms. The van der Waals surface area contributed by atoms with E-state index in [1.807, 2.05) is 19.1 Å². The maximum Gasteiger partial charge on any atom is 0.307 e. The van der Waals surface area contributed by atoms with Crippen molar-refractivity contribution in [3.8, 4) is 5.95 Å². The Morgan fingerprint density at radius 3 is 2.61 bits per heavy atom. The summed E-state index contributed by atoms with van der Waals surface area (Å²) < 4.78 is 1.35. The van der Waals surface area contributed by atoms with E-state index >= 15 is 0 Å². The molecule has 1 N–H and O–H groups in total. The van der Waals surface area contributed by atoms with Crippen molar-refractivity contribution in [2.24, 2.45) is 0 Å². The van der Waals surface area contributed by atoms with Crippen LogP contribution in [0.15, 0.2) is 48.8 Å². The van der Waals surface area contributed by atoms with Crippen LogP contribution in [0.2, 0.25) is 0 Å². The van der Waals surface area contributed by atoms with Crippen LogP contribution < -0.4 is 9.80 Å². The molecular weight excluding hydrogens is 358 g/mol. The van der Waals surface area contributed by atoms with Crippen LogP contribution in [0.1, 0.15) is 11.3 Å². The molecule has 1 saturated heterocycles. The highest BCUT2D eigenvalue weighted by Crippen LogP contribution is 2.16. The summed E-state index contributed by atoms with van der Waals surface area (Å²) in [6.45, 7) is 6.78. The van der Waals surface area contributed by atoms with Crippen LogP contribution in [0.4, 0.5) is 11.5 Å². The highest BCUT2D eigenvalue weighted by atomic mass is 16.6. The van der Waals surface area contributed by atoms with E-state index in [0.29, 0.717) is 5.95 Å². The lowest BCUT2D eigenvalue weighted by molar-refractivity contribution is -0.914. The summed E-state index contributed by atoms with van der Waals surface area (Å²) in [6, 6.07) is 12.5. The van der Waals surface area contributed by atoms with Crippen molar-refractivity contribution in [1.29, 1.82) is 0 Å². The second-order valence-electron chi connectivity index (χ2n) is 6.97. The molecule has 0 aliphatic carbocycles. The first-order valence-corrected chi connectivity index (χ1v) is 9.26. The molecule has 0 unspecified atom stereocenters. The second-order valence-corrected chi connectivity index (χ2v) is 6.97. The van der Waals surface area contributed by atoms with Crippen LogP contribution in [-0.4, -0.2) is 50.9 Å². The van der Waals surface area contributed by atoms with E-state index < -0.39 is 4.92 Å². The summed E-state index contributed by atoms with van der Waals surface area (Å²) in [5, 5.41) is 14.9. The van der Waals surface area contributed by atoms with Gasteiger partial charge in [0.2, 0.25) is 0 Å². The van der Waals surface area contributed by atoms with Gasteiger partial charge in [0.15, 0.2) is 0 Å². The van der Waals surface area contributed by atoms with Crippen molar-refractivity contribution in [1.82, 2.24) is 19.7 Å². The third kappa shape index (κ3) is 3.99. The van der Waals surface area contributed by atoms with Gasteiger partial charge >= 0.3 is 5.69 Å². The topological polar surface area (TPSA) is 94.4 Å². The summed E-state index contributed by atoms with van der Waals surface area (Å²) in [5.74, 6) is 1.18. The van der Waals surface area contributed by atoms with Crippen LogP contribution in [0.25, 0.3) is 5.95 Å². The van der Waals surface area contributed by atoms with Gasteiger partial charge in [0.25, 0.3) is 5.95 Å². The van der Waals surface area contributed by atoms with E-state index in [-0.39, 0.29) is 5.69 Å². The Balaban J connectivity index is 1.46. The number of nitrogens with zero attached hydrogens (tertiary/aromatic N) is 6. The number of quaternary nitrogens is 1. The molecule has 1 aliphatic heterocycles. The molecule has 1 aliphatic rings. The molecule has 0 radical (unpaired) electrons. The number of anilines is 1. The van der Waals surface area contributed by atoms with Crippen LogP contribution in [-0.2, 0) is 6.54 Å². The molecular formula is C19H22N7O2+. The Morgan fingerprint density at radius 1 is 1.18 bits per heavy atom. The van der Waals surface area contributed by atoms with Gasteiger partial charge in [-0.05, 0) is 6.92 Å². The fourth-order valence-corrected chi connectivity index (χ4v) is 3.43. The Kier molecular flexibility index (Phi) is 4.98. The largest absolute Gasteiger partial charge is 0.345 e. The lowest BCUT2D eigenvalue weighted by atomic mass is 10.2. The molecule has 0 saturated carbocycles. The number of benzene rings is 1. The molecule has 0 amide bonds. The molecule has 9 nitrogen and oxygen atoms in total. The van der Waals surface area contributed by atoms with Crippen molar-refractivity contribution >= 4 is 11.5 Å². The first kappa shape index (κ1) is 18.1. The molecule has 2 aromatic heterocycles. The Morgan fingerprint density at radius 2 is 1.93 bits per heavy atom. The highest BCUT2D eigenvalue weighted by molar-refractivity contribution is 5.42. The zero-order valence-electron chi connectivity index (χ0n) is 15.7. The molecule has 3 aromatic rings. The molecule has 3 heterocycles. The quantitative estimate of drug-likeness (QED) is 0.519. The van der Waals surface area contributed by atoms with Gasteiger partial charge in [-0.15, -0.1) is 0 Å². The number of nitrogens with one attached hydrogen (secondary N) is 1. The maximum atomic E-state index is 10.9. The molecule has 28 heavy (non-hydrogen) atoms. The van der Waals surface area contributed by atoms with Crippen LogP contribution in [0, 0.1) is 17.0 Å². The van der Waals surface area contributed by atoms with Gasteiger partial charge in [-0.2, -0.15) is 14.8 Å². The van der Waals surface area contributed by atoms with Crippen molar-refractivity contribution in [3.63, 3.8) is 0 Å². The molecule has 1 fully saturated rings. The van der Waals surface area contributed by atoms with Gasteiger partial charge in [0.05, 0.1) is 31.1 Å². The molecule has 144 valence electrons. The van der Waals surface area contributed by atoms with Crippen molar-refractivity contribution in [2.45, 2.75) is 13.5 Å². The van der Waals surface area contributed by atoms with Gasteiger partial charge in [-0.3, -0.25) is 10.1 Å². The number of rotatable bonds is 5. The van der Waals surface area contributed by atoms with Crippen LogP contribution >= 0.6 is 0 Å². The summed E-state index contributed by atoms with van der Waals surface area (Å²) in [5.41, 5.74) is 2.08. The van der Waals surface area contributed by atoms with Gasteiger partial charge in [-0.25, -0.2) is 4.98 Å². The second kappa shape index (κ2) is 7.73. The third-order valence-electron chi connectivity index (χ3n) is 4.91. The van der Waals surface area contributed by atoms with Crippen molar-refractivity contribution in [2.75, 3.05) is 31.1 Å². The molecule has 0 bridgehead atoms. The van der Waals surface area contributed by atoms with E-state index in [9.17, 15) is 10.1 Å². The number of aryl methyl sites for hydroxylation is 1. The number of piperazine rings is 1. The van der Waals surface area contributed by atoms with Gasteiger partial charge in [0.1, 0.15) is 24.8 Å². The Hall–Kier alpha value is -3.33. The normalized spacial score (nSPS) is 15.0. The minimum Gasteiger partial charge on any atom is -0.345 e. The van der Waals surface area contributed by atoms with E-state index in [1.54, 1.807) is 4.90 Å². The number of aromatic nitrogens is 4. The van der Waals surface area contributed by atoms with E-state index in [2.05, 4.69) is 44.2 Å². The molecule has 0 atom stereocenters.